The van der Waals surface area contributed by atoms with Crippen LogP contribution in [0.15, 0.2) is 71.9 Å². The van der Waals surface area contributed by atoms with Gasteiger partial charge in [-0.15, -0.1) is 12.6 Å². The molecule has 0 aliphatic heterocycles. The van der Waals surface area contributed by atoms with Crippen molar-refractivity contribution in [3.05, 3.63) is 72.6 Å². The zero-order chi connectivity index (χ0) is 12.4. The highest BCUT2D eigenvalue weighted by molar-refractivity contribution is 7.80. The molecule has 0 aliphatic rings. The van der Waals surface area contributed by atoms with Gasteiger partial charge in [0.05, 0.1) is 0 Å². The van der Waals surface area contributed by atoms with Gasteiger partial charge in [0.1, 0.15) is 0 Å². The molecule has 0 aliphatic carbocycles. The Labute approximate surface area is 112 Å². The first-order valence-electron chi connectivity index (χ1n) is 5.97. The Kier molecular flexibility index (Phi) is 3.03. The average Bonchev–Trinajstić information content (AvgIpc) is 2.39. The Hall–Kier alpha value is -1.80. The van der Waals surface area contributed by atoms with Gasteiger partial charge in [0, 0.05) is 21.9 Å². The van der Waals surface area contributed by atoms with Crippen molar-refractivity contribution in [3.63, 3.8) is 0 Å². The fourth-order valence-corrected chi connectivity index (χ4v) is 2.33. The van der Waals surface area contributed by atoms with E-state index in [9.17, 15) is 0 Å². The van der Waals surface area contributed by atoms with Crippen molar-refractivity contribution in [2.45, 2.75) is 11.4 Å². The van der Waals surface area contributed by atoms with E-state index >= 15 is 0 Å². The van der Waals surface area contributed by atoms with Crippen LogP contribution in [0.3, 0.4) is 0 Å². The summed E-state index contributed by atoms with van der Waals surface area (Å²) in [5.74, 6) is 0. The van der Waals surface area contributed by atoms with E-state index in [-0.39, 0.29) is 0 Å². The van der Waals surface area contributed by atoms with Crippen LogP contribution >= 0.6 is 12.6 Å². The van der Waals surface area contributed by atoms with Crippen molar-refractivity contribution in [2.75, 3.05) is 0 Å². The lowest BCUT2D eigenvalue weighted by molar-refractivity contribution is -0.687. The smallest absolute Gasteiger partial charge is 0.177 e. The Morgan fingerprint density at radius 2 is 1.72 bits per heavy atom. The first-order valence-corrected chi connectivity index (χ1v) is 6.42. The molecule has 1 heterocycles. The van der Waals surface area contributed by atoms with E-state index in [0.29, 0.717) is 0 Å². The number of fused-ring (bicyclic) bond motifs is 1. The summed E-state index contributed by atoms with van der Waals surface area (Å²) in [5, 5.41) is 2.47. The molecule has 88 valence electrons. The molecule has 0 spiro atoms. The van der Waals surface area contributed by atoms with Crippen LogP contribution in [-0.4, -0.2) is 0 Å². The van der Waals surface area contributed by atoms with Gasteiger partial charge in [-0.05, 0) is 17.5 Å². The highest BCUT2D eigenvalue weighted by Gasteiger charge is 2.04. The lowest BCUT2D eigenvalue weighted by atomic mass is 10.1. The van der Waals surface area contributed by atoms with Gasteiger partial charge >= 0.3 is 0 Å². The van der Waals surface area contributed by atoms with E-state index < -0.39 is 0 Å². The minimum Gasteiger partial charge on any atom is -0.200 e. The number of rotatable bonds is 2. The third-order valence-corrected chi connectivity index (χ3v) is 3.31. The zero-order valence-corrected chi connectivity index (χ0v) is 10.8. The van der Waals surface area contributed by atoms with Crippen LogP contribution in [0.5, 0.6) is 0 Å². The minimum absolute atomic E-state index is 0.896. The van der Waals surface area contributed by atoms with E-state index in [2.05, 4.69) is 72.1 Å². The van der Waals surface area contributed by atoms with E-state index in [1.807, 2.05) is 12.1 Å². The number of hydrogen-bond donors (Lipinski definition) is 1. The topological polar surface area (TPSA) is 3.88 Å². The standard InChI is InChI=1S/C16H13NS/c18-16-7-6-14-8-9-17(12-15(14)10-16)11-13-4-2-1-3-5-13/h1-10,12H,11H2/p+1. The minimum atomic E-state index is 0.896. The first kappa shape index (κ1) is 11.3. The van der Waals surface area contributed by atoms with Crippen molar-refractivity contribution < 1.29 is 4.57 Å². The van der Waals surface area contributed by atoms with Crippen molar-refractivity contribution in [3.8, 4) is 0 Å². The summed E-state index contributed by atoms with van der Waals surface area (Å²) in [6, 6.07) is 18.8. The molecule has 0 radical (unpaired) electrons. The number of benzene rings is 2. The van der Waals surface area contributed by atoms with E-state index in [4.69, 9.17) is 0 Å². The van der Waals surface area contributed by atoms with Crippen LogP contribution in [0.1, 0.15) is 5.56 Å². The summed E-state index contributed by atoms with van der Waals surface area (Å²) in [5.41, 5.74) is 1.31. The summed E-state index contributed by atoms with van der Waals surface area (Å²) in [4.78, 5) is 1.000. The third-order valence-electron chi connectivity index (χ3n) is 3.03. The lowest BCUT2D eigenvalue weighted by Gasteiger charge is -2.00. The second-order valence-electron chi connectivity index (χ2n) is 4.42. The van der Waals surface area contributed by atoms with E-state index in [1.54, 1.807) is 0 Å². The van der Waals surface area contributed by atoms with Crippen LogP contribution in [0, 0.1) is 0 Å². The first-order chi connectivity index (χ1) is 8.81. The molecule has 3 rings (SSSR count). The van der Waals surface area contributed by atoms with Gasteiger partial charge < -0.3 is 0 Å². The largest absolute Gasteiger partial charge is 0.200 e. The molecule has 0 saturated heterocycles. The van der Waals surface area contributed by atoms with Crippen LogP contribution in [0.2, 0.25) is 0 Å². The highest BCUT2D eigenvalue weighted by Crippen LogP contribution is 2.16. The van der Waals surface area contributed by atoms with Crippen molar-refractivity contribution >= 4 is 23.4 Å². The van der Waals surface area contributed by atoms with Gasteiger partial charge in [-0.25, -0.2) is 4.57 Å². The van der Waals surface area contributed by atoms with Crippen LogP contribution in [0.4, 0.5) is 0 Å². The fourth-order valence-electron chi connectivity index (χ4n) is 2.12. The van der Waals surface area contributed by atoms with Crippen molar-refractivity contribution in [1.29, 1.82) is 0 Å². The molecular weight excluding hydrogens is 238 g/mol. The normalized spacial score (nSPS) is 10.7. The maximum atomic E-state index is 4.38. The summed E-state index contributed by atoms with van der Waals surface area (Å²) in [6.07, 6.45) is 4.29. The molecule has 0 fully saturated rings. The zero-order valence-electron chi connectivity index (χ0n) is 9.95. The van der Waals surface area contributed by atoms with Crippen LogP contribution in [0.25, 0.3) is 10.8 Å². The molecule has 18 heavy (non-hydrogen) atoms. The van der Waals surface area contributed by atoms with Gasteiger partial charge in [-0.1, -0.05) is 36.4 Å². The third kappa shape index (κ3) is 2.39. The molecule has 2 heteroatoms. The second kappa shape index (κ2) is 4.83. The Morgan fingerprint density at radius 3 is 2.56 bits per heavy atom. The quantitative estimate of drug-likeness (QED) is 0.526. The molecule has 1 nitrogen and oxygen atoms in total. The van der Waals surface area contributed by atoms with Crippen molar-refractivity contribution in [1.82, 2.24) is 0 Å². The SMILES string of the molecule is Sc1ccc2cc[n+](Cc3ccccc3)cc2c1. The number of thiol groups is 1. The monoisotopic (exact) mass is 252 g/mol. The number of hydrogen-bond acceptors (Lipinski definition) is 1. The van der Waals surface area contributed by atoms with Gasteiger partial charge in [0.2, 0.25) is 0 Å². The number of pyridine rings is 1. The summed E-state index contributed by atoms with van der Waals surface area (Å²) >= 11 is 4.38. The summed E-state index contributed by atoms with van der Waals surface area (Å²) in [6.45, 7) is 0.896. The maximum Gasteiger partial charge on any atom is 0.177 e. The van der Waals surface area contributed by atoms with Crippen LogP contribution in [-0.2, 0) is 6.54 Å². The Balaban J connectivity index is 1.98. The van der Waals surface area contributed by atoms with Crippen LogP contribution < -0.4 is 4.57 Å². The Bertz CT molecular complexity index is 677. The molecule has 0 bridgehead atoms. The van der Waals surface area contributed by atoms with Gasteiger partial charge in [-0.2, -0.15) is 0 Å². The van der Waals surface area contributed by atoms with Gasteiger partial charge in [0.25, 0.3) is 0 Å². The average molecular weight is 252 g/mol. The summed E-state index contributed by atoms with van der Waals surface area (Å²) in [7, 11) is 0. The molecular formula is C16H14NS+. The van der Waals surface area contributed by atoms with Crippen molar-refractivity contribution in [2.24, 2.45) is 0 Å². The molecule has 0 atom stereocenters. The number of nitrogens with zero attached hydrogens (tertiary/aromatic N) is 1. The molecule has 0 N–H and O–H groups in total. The molecule has 3 aromatic rings. The molecule has 0 amide bonds. The second-order valence-corrected chi connectivity index (χ2v) is 4.93. The van der Waals surface area contributed by atoms with E-state index in [1.165, 1.54) is 16.3 Å². The van der Waals surface area contributed by atoms with Gasteiger partial charge in [-0.3, -0.25) is 0 Å². The number of aromatic nitrogens is 1. The lowest BCUT2D eigenvalue weighted by Crippen LogP contribution is -2.33. The molecule has 1 aromatic heterocycles. The van der Waals surface area contributed by atoms with E-state index in [0.717, 1.165) is 11.4 Å². The van der Waals surface area contributed by atoms with Gasteiger partial charge in [0.15, 0.2) is 18.9 Å². The molecule has 0 saturated carbocycles. The predicted molar refractivity (Wildman–Crippen MR) is 76.9 cm³/mol. The predicted octanol–water partition coefficient (Wildman–Crippen LogP) is 3.46. The molecule has 2 aromatic carbocycles. The highest BCUT2D eigenvalue weighted by atomic mass is 32.1. The fraction of sp³-hybridized carbons (Fsp3) is 0.0625. The molecule has 0 unspecified atom stereocenters. The summed E-state index contributed by atoms with van der Waals surface area (Å²) < 4.78 is 2.20. The Morgan fingerprint density at radius 1 is 0.889 bits per heavy atom. The maximum absolute atomic E-state index is 4.38.